The van der Waals surface area contributed by atoms with Gasteiger partial charge in [0.15, 0.2) is 0 Å². The van der Waals surface area contributed by atoms with E-state index in [-0.39, 0.29) is 0 Å². The van der Waals surface area contributed by atoms with Crippen molar-refractivity contribution in [3.63, 3.8) is 0 Å². The van der Waals surface area contributed by atoms with E-state index in [1.165, 1.54) is 6.20 Å². The molecule has 31 heavy (non-hydrogen) atoms. The number of hydrogen-bond donors (Lipinski definition) is 3. The molecule has 0 radical (unpaired) electrons. The van der Waals surface area contributed by atoms with Crippen LogP contribution in [0.15, 0.2) is 29.2 Å². The third kappa shape index (κ3) is 4.49. The number of halogens is 1. The SMILES string of the molecule is CCOc1nc(NC(=CN)C(C)=NC2CCN(C3COC3)CC2(C)F)nc2[nH]ccc12. The van der Waals surface area contributed by atoms with Crippen LogP contribution in [0.2, 0.25) is 0 Å². The van der Waals surface area contributed by atoms with Crippen LogP contribution >= 0.6 is 0 Å². The molecule has 2 aromatic rings. The number of nitrogens with two attached hydrogens (primary N) is 1. The quantitative estimate of drug-likeness (QED) is 0.576. The van der Waals surface area contributed by atoms with Gasteiger partial charge in [-0.05, 0) is 33.3 Å². The second-order valence-corrected chi connectivity index (χ2v) is 8.19. The number of alkyl halides is 1. The van der Waals surface area contributed by atoms with E-state index >= 15 is 4.39 Å². The third-order valence-corrected chi connectivity index (χ3v) is 5.85. The lowest BCUT2D eigenvalue weighted by Gasteiger charge is -2.45. The van der Waals surface area contributed by atoms with Crippen molar-refractivity contribution >= 4 is 22.7 Å². The summed E-state index contributed by atoms with van der Waals surface area (Å²) < 4.78 is 26.3. The van der Waals surface area contributed by atoms with Crippen molar-refractivity contribution in [3.05, 3.63) is 24.2 Å². The van der Waals surface area contributed by atoms with Gasteiger partial charge in [-0.1, -0.05) is 0 Å². The number of fused-ring (bicyclic) bond motifs is 1. The van der Waals surface area contributed by atoms with E-state index in [1.54, 1.807) is 13.1 Å². The summed E-state index contributed by atoms with van der Waals surface area (Å²) in [4.78, 5) is 18.8. The van der Waals surface area contributed by atoms with Crippen molar-refractivity contribution < 1.29 is 13.9 Å². The molecule has 0 spiro atoms. The Balaban J connectivity index is 1.50. The predicted molar refractivity (Wildman–Crippen MR) is 118 cm³/mol. The summed E-state index contributed by atoms with van der Waals surface area (Å²) in [5.41, 5.74) is 6.20. The Bertz CT molecular complexity index is 983. The minimum Gasteiger partial charge on any atom is -0.477 e. The van der Waals surface area contributed by atoms with Crippen LogP contribution in [-0.2, 0) is 4.74 Å². The van der Waals surface area contributed by atoms with Crippen LogP contribution in [0.25, 0.3) is 11.0 Å². The molecule has 2 fully saturated rings. The lowest BCUT2D eigenvalue weighted by atomic mass is 9.89. The van der Waals surface area contributed by atoms with Crippen molar-refractivity contribution in [2.24, 2.45) is 10.7 Å². The minimum atomic E-state index is -1.43. The monoisotopic (exact) mass is 431 g/mol. The number of ether oxygens (including phenoxy) is 2. The van der Waals surface area contributed by atoms with Crippen LogP contribution < -0.4 is 15.8 Å². The topological polar surface area (TPSA) is 114 Å². The Morgan fingerprint density at radius 3 is 2.97 bits per heavy atom. The standard InChI is InChI=1S/C21H30FN7O2/c1-4-31-19-15-5-7-24-18(15)27-20(28-19)26-16(9-23)13(2)25-17-6-8-29(12-21(17,3)22)14-10-30-11-14/h5,7,9,14,17H,4,6,8,10-12,23H2,1-3H3,(H2,24,26,27,28). The number of aromatic nitrogens is 3. The van der Waals surface area contributed by atoms with Gasteiger partial charge in [-0.15, -0.1) is 0 Å². The maximum Gasteiger partial charge on any atom is 0.232 e. The van der Waals surface area contributed by atoms with Crippen molar-refractivity contribution in [1.29, 1.82) is 0 Å². The number of aliphatic imine (C=N–C) groups is 1. The van der Waals surface area contributed by atoms with E-state index in [2.05, 4.69) is 30.2 Å². The third-order valence-electron chi connectivity index (χ3n) is 5.85. The second kappa shape index (κ2) is 8.80. The molecule has 0 bridgehead atoms. The first-order chi connectivity index (χ1) is 14.9. The van der Waals surface area contributed by atoms with Crippen LogP contribution in [-0.4, -0.2) is 76.2 Å². The summed E-state index contributed by atoms with van der Waals surface area (Å²) in [6.45, 7) is 8.32. The molecule has 0 aromatic carbocycles. The van der Waals surface area contributed by atoms with Gasteiger partial charge in [0.05, 0.1) is 48.7 Å². The van der Waals surface area contributed by atoms with E-state index in [4.69, 9.17) is 15.2 Å². The molecule has 2 saturated heterocycles. The van der Waals surface area contributed by atoms with E-state index < -0.39 is 11.7 Å². The van der Waals surface area contributed by atoms with E-state index in [1.807, 2.05) is 19.9 Å². The Kier molecular flexibility index (Phi) is 6.10. The fraction of sp³-hybridized carbons (Fsp3) is 0.571. The summed E-state index contributed by atoms with van der Waals surface area (Å²) in [6, 6.07) is 1.73. The molecule has 4 N–H and O–H groups in total. The summed E-state index contributed by atoms with van der Waals surface area (Å²) in [6.07, 6.45) is 3.82. The van der Waals surface area contributed by atoms with Gasteiger partial charge < -0.3 is 25.5 Å². The number of likely N-dealkylation sites (tertiary alicyclic amines) is 1. The lowest BCUT2D eigenvalue weighted by Crippen LogP contribution is -2.59. The number of allylic oxidation sites excluding steroid dienone is 1. The highest BCUT2D eigenvalue weighted by atomic mass is 19.1. The van der Waals surface area contributed by atoms with Gasteiger partial charge >= 0.3 is 0 Å². The number of aromatic amines is 1. The molecule has 4 heterocycles. The first-order valence-electron chi connectivity index (χ1n) is 10.6. The Labute approximate surface area is 180 Å². The highest BCUT2D eigenvalue weighted by Crippen LogP contribution is 2.31. The van der Waals surface area contributed by atoms with Crippen molar-refractivity contribution in [1.82, 2.24) is 19.9 Å². The smallest absolute Gasteiger partial charge is 0.232 e. The molecule has 2 aliphatic heterocycles. The first kappa shape index (κ1) is 21.5. The lowest BCUT2D eigenvalue weighted by molar-refractivity contribution is -0.0936. The van der Waals surface area contributed by atoms with Crippen LogP contribution in [0.1, 0.15) is 27.2 Å². The molecule has 0 amide bonds. The van der Waals surface area contributed by atoms with E-state index in [9.17, 15) is 0 Å². The highest BCUT2D eigenvalue weighted by molar-refractivity contribution is 6.00. The zero-order valence-electron chi connectivity index (χ0n) is 18.2. The summed E-state index contributed by atoms with van der Waals surface area (Å²) in [5, 5.41) is 3.90. The van der Waals surface area contributed by atoms with Crippen molar-refractivity contribution in [2.75, 3.05) is 38.2 Å². The van der Waals surface area contributed by atoms with E-state index in [0.29, 0.717) is 67.7 Å². The zero-order valence-corrected chi connectivity index (χ0v) is 18.2. The van der Waals surface area contributed by atoms with Gasteiger partial charge in [0.25, 0.3) is 0 Å². The van der Waals surface area contributed by atoms with Gasteiger partial charge in [0.1, 0.15) is 11.3 Å². The van der Waals surface area contributed by atoms with Crippen molar-refractivity contribution in [3.8, 4) is 5.88 Å². The van der Waals surface area contributed by atoms with Gasteiger partial charge in [-0.2, -0.15) is 9.97 Å². The van der Waals surface area contributed by atoms with Crippen LogP contribution in [0, 0.1) is 0 Å². The molecule has 10 heteroatoms. The molecule has 4 rings (SSSR count). The molecule has 0 saturated carbocycles. The van der Waals surface area contributed by atoms with Crippen LogP contribution in [0.5, 0.6) is 5.88 Å². The number of anilines is 1. The maximum atomic E-state index is 15.4. The fourth-order valence-electron chi connectivity index (χ4n) is 4.01. The molecular formula is C21H30FN7O2. The summed E-state index contributed by atoms with van der Waals surface area (Å²) in [5.74, 6) is 0.804. The molecule has 2 atom stereocenters. The number of nitrogens with one attached hydrogen (secondary N) is 2. The Hall–Kier alpha value is -2.72. The maximum absolute atomic E-state index is 15.4. The average molecular weight is 432 g/mol. The highest BCUT2D eigenvalue weighted by Gasteiger charge is 2.43. The number of piperidine rings is 1. The Morgan fingerprint density at radius 1 is 1.52 bits per heavy atom. The van der Waals surface area contributed by atoms with Gasteiger partial charge in [0.2, 0.25) is 11.8 Å². The zero-order chi connectivity index (χ0) is 22.0. The first-order valence-corrected chi connectivity index (χ1v) is 10.6. The number of H-pyrrole nitrogens is 1. The van der Waals surface area contributed by atoms with Gasteiger partial charge in [0, 0.05) is 25.5 Å². The van der Waals surface area contributed by atoms with Gasteiger partial charge in [-0.25, -0.2) is 4.39 Å². The summed E-state index contributed by atoms with van der Waals surface area (Å²) >= 11 is 0. The number of nitrogens with zero attached hydrogens (tertiary/aromatic N) is 4. The normalized spacial score (nSPS) is 26.1. The number of hydrogen-bond acceptors (Lipinski definition) is 8. The largest absolute Gasteiger partial charge is 0.477 e. The second-order valence-electron chi connectivity index (χ2n) is 8.19. The predicted octanol–water partition coefficient (Wildman–Crippen LogP) is 2.23. The van der Waals surface area contributed by atoms with Crippen LogP contribution in [0.3, 0.4) is 0 Å². The average Bonchev–Trinajstić information content (AvgIpc) is 3.15. The molecule has 9 nitrogen and oxygen atoms in total. The molecule has 0 aliphatic carbocycles. The van der Waals surface area contributed by atoms with E-state index in [0.717, 1.165) is 11.9 Å². The van der Waals surface area contributed by atoms with Crippen LogP contribution in [0.4, 0.5) is 10.3 Å². The molecule has 2 unspecified atom stereocenters. The number of rotatable bonds is 7. The Morgan fingerprint density at radius 2 is 2.32 bits per heavy atom. The molecule has 2 aromatic heterocycles. The molecule has 2 aliphatic rings. The molecule has 168 valence electrons. The minimum absolute atomic E-state index is 0.321. The van der Waals surface area contributed by atoms with Crippen molar-refractivity contribution in [2.45, 2.75) is 44.9 Å². The summed E-state index contributed by atoms with van der Waals surface area (Å²) in [7, 11) is 0. The fourth-order valence-corrected chi connectivity index (χ4v) is 4.01. The molecular weight excluding hydrogens is 401 g/mol. The van der Waals surface area contributed by atoms with Gasteiger partial charge in [-0.3, -0.25) is 9.89 Å².